The number of hydrogen-bond donors (Lipinski definition) is 1. The summed E-state index contributed by atoms with van der Waals surface area (Å²) in [5.41, 5.74) is 0.368. The first-order valence-electron chi connectivity index (χ1n) is 11.7. The van der Waals surface area contributed by atoms with Gasteiger partial charge in [0.15, 0.2) is 6.29 Å². The number of allylic oxidation sites excluding steroid dienone is 1. The Bertz CT molecular complexity index is 471. The molecular formula is C23H44O4Si. The molecule has 2 aliphatic rings. The molecule has 5 atom stereocenters. The van der Waals surface area contributed by atoms with Gasteiger partial charge in [0.25, 0.3) is 0 Å². The first-order chi connectivity index (χ1) is 13.3. The van der Waals surface area contributed by atoms with Gasteiger partial charge in [-0.05, 0) is 43.2 Å². The van der Waals surface area contributed by atoms with Gasteiger partial charge in [0.1, 0.15) is 0 Å². The monoisotopic (exact) mass is 412 g/mol. The Labute approximate surface area is 174 Å². The number of hydrogen-bond acceptors (Lipinski definition) is 4. The minimum atomic E-state index is -2.78. The fraction of sp³-hybridized carbons (Fsp3) is 0.913. The molecule has 0 aromatic rings. The lowest BCUT2D eigenvalue weighted by atomic mass is 9.91. The molecule has 5 heteroatoms. The van der Waals surface area contributed by atoms with E-state index in [-0.39, 0.29) is 29.6 Å². The van der Waals surface area contributed by atoms with Crippen LogP contribution in [0.2, 0.25) is 11.1 Å². The first kappa shape index (κ1) is 24.1. The van der Waals surface area contributed by atoms with Gasteiger partial charge in [-0.2, -0.15) is 0 Å². The Balaban J connectivity index is 2.07. The molecule has 0 radical (unpaired) electrons. The molecule has 0 amide bonds. The van der Waals surface area contributed by atoms with Crippen molar-refractivity contribution in [3.63, 3.8) is 0 Å². The third-order valence-electron chi connectivity index (χ3n) is 6.59. The highest BCUT2D eigenvalue weighted by molar-refractivity contribution is 6.68. The zero-order valence-electron chi connectivity index (χ0n) is 19.0. The van der Waals surface area contributed by atoms with E-state index < -0.39 is 8.56 Å². The standard InChI is InChI=1S/C23H44O4Si/c1-7-9-10-11-12-13-14-19-20-15-23(25-8-2)26-21(20)16-22(19)27-28(24,17(3)4)18(5)6/h13-14,17-24H,7-12,15-16H2,1-6H3/b14-13+/t19-,20+,21-,22+,23?/m0/s1. The Hall–Kier alpha value is -0.203. The van der Waals surface area contributed by atoms with Crippen molar-refractivity contribution in [2.75, 3.05) is 6.61 Å². The Morgan fingerprint density at radius 3 is 2.39 bits per heavy atom. The number of ether oxygens (including phenoxy) is 2. The highest BCUT2D eigenvalue weighted by atomic mass is 28.4. The van der Waals surface area contributed by atoms with Gasteiger partial charge >= 0.3 is 8.56 Å². The molecule has 1 saturated carbocycles. The van der Waals surface area contributed by atoms with Crippen LogP contribution in [0.25, 0.3) is 0 Å². The Morgan fingerprint density at radius 1 is 1.07 bits per heavy atom. The van der Waals surface area contributed by atoms with Crippen molar-refractivity contribution in [3.05, 3.63) is 12.2 Å². The number of unbranched alkanes of at least 4 members (excludes halogenated alkanes) is 4. The summed E-state index contributed by atoms with van der Waals surface area (Å²) in [5, 5.41) is 0. The van der Waals surface area contributed by atoms with Crippen molar-refractivity contribution >= 4 is 8.56 Å². The second-order valence-corrected chi connectivity index (χ2v) is 13.3. The lowest BCUT2D eigenvalue weighted by Gasteiger charge is -2.37. The summed E-state index contributed by atoms with van der Waals surface area (Å²) in [4.78, 5) is 11.3. The molecule has 1 unspecified atom stereocenters. The highest BCUT2D eigenvalue weighted by Gasteiger charge is 2.53. The van der Waals surface area contributed by atoms with Crippen LogP contribution in [0.5, 0.6) is 0 Å². The van der Waals surface area contributed by atoms with E-state index in [2.05, 4.69) is 46.8 Å². The van der Waals surface area contributed by atoms with E-state index in [1.54, 1.807) is 0 Å². The summed E-state index contributed by atoms with van der Waals surface area (Å²) in [6, 6.07) is 0. The van der Waals surface area contributed by atoms with Crippen LogP contribution in [0, 0.1) is 11.8 Å². The smallest absolute Gasteiger partial charge is 0.341 e. The van der Waals surface area contributed by atoms with Crippen molar-refractivity contribution in [2.45, 2.75) is 116 Å². The molecule has 2 fully saturated rings. The summed E-state index contributed by atoms with van der Waals surface area (Å²) in [7, 11) is -2.78. The van der Waals surface area contributed by atoms with Gasteiger partial charge in [0.2, 0.25) is 0 Å². The number of fused-ring (bicyclic) bond motifs is 1. The van der Waals surface area contributed by atoms with Crippen LogP contribution in [0.4, 0.5) is 0 Å². The quantitative estimate of drug-likeness (QED) is 0.245. The zero-order valence-corrected chi connectivity index (χ0v) is 20.0. The Kier molecular flexibility index (Phi) is 9.68. The van der Waals surface area contributed by atoms with Crippen LogP contribution in [0.15, 0.2) is 12.2 Å². The summed E-state index contributed by atoms with van der Waals surface area (Å²) >= 11 is 0. The second-order valence-electron chi connectivity index (χ2n) is 9.27. The van der Waals surface area contributed by atoms with E-state index in [4.69, 9.17) is 13.9 Å². The molecule has 0 aromatic heterocycles. The number of rotatable bonds is 12. The molecule has 28 heavy (non-hydrogen) atoms. The maximum absolute atomic E-state index is 11.3. The summed E-state index contributed by atoms with van der Waals surface area (Å²) < 4.78 is 18.5. The molecule has 164 valence electrons. The first-order valence-corrected chi connectivity index (χ1v) is 13.7. The average molecular weight is 413 g/mol. The van der Waals surface area contributed by atoms with Crippen LogP contribution >= 0.6 is 0 Å². The molecule has 4 nitrogen and oxygen atoms in total. The molecule has 1 aliphatic carbocycles. The van der Waals surface area contributed by atoms with Crippen molar-refractivity contribution in [3.8, 4) is 0 Å². The third kappa shape index (κ3) is 5.91. The normalized spacial score (nSPS) is 30.8. The van der Waals surface area contributed by atoms with Gasteiger partial charge in [-0.15, -0.1) is 0 Å². The van der Waals surface area contributed by atoms with Crippen molar-refractivity contribution in [1.29, 1.82) is 0 Å². The maximum Gasteiger partial charge on any atom is 0.341 e. The molecule has 1 saturated heterocycles. The fourth-order valence-electron chi connectivity index (χ4n) is 4.83. The topological polar surface area (TPSA) is 47.9 Å². The van der Waals surface area contributed by atoms with E-state index >= 15 is 0 Å². The second kappa shape index (κ2) is 11.3. The van der Waals surface area contributed by atoms with Gasteiger partial charge in [0.05, 0.1) is 12.2 Å². The summed E-state index contributed by atoms with van der Waals surface area (Å²) in [6.07, 6.45) is 13.0. The molecule has 1 aliphatic heterocycles. The van der Waals surface area contributed by atoms with Crippen molar-refractivity contribution in [2.24, 2.45) is 11.8 Å². The van der Waals surface area contributed by atoms with E-state index in [1.807, 2.05) is 6.92 Å². The fourth-order valence-corrected chi connectivity index (χ4v) is 7.45. The predicted octanol–water partition coefficient (Wildman–Crippen LogP) is 5.94. The SMILES string of the molecule is CCCCCC/C=C/[C@H]1[C@H]2CC(OCC)O[C@H]2C[C@H]1O[Si](O)(C(C)C)C(C)C. The lowest BCUT2D eigenvalue weighted by Crippen LogP contribution is -2.48. The predicted molar refractivity (Wildman–Crippen MR) is 117 cm³/mol. The summed E-state index contributed by atoms with van der Waals surface area (Å²) in [5.74, 6) is 0.754. The van der Waals surface area contributed by atoms with Gasteiger partial charge in [-0.25, -0.2) is 0 Å². The average Bonchev–Trinajstić information content (AvgIpc) is 3.15. The molecule has 2 rings (SSSR count). The van der Waals surface area contributed by atoms with Gasteiger partial charge in [-0.3, -0.25) is 0 Å². The zero-order chi connectivity index (χ0) is 20.7. The van der Waals surface area contributed by atoms with Gasteiger partial charge in [-0.1, -0.05) is 66.0 Å². The van der Waals surface area contributed by atoms with E-state index in [0.717, 1.165) is 19.3 Å². The van der Waals surface area contributed by atoms with Crippen LogP contribution in [0.3, 0.4) is 0 Å². The molecule has 0 spiro atoms. The largest absolute Gasteiger partial charge is 0.410 e. The lowest BCUT2D eigenvalue weighted by molar-refractivity contribution is -0.133. The summed E-state index contributed by atoms with van der Waals surface area (Å²) in [6.45, 7) is 13.4. The van der Waals surface area contributed by atoms with Crippen molar-refractivity contribution < 1.29 is 18.7 Å². The highest BCUT2D eigenvalue weighted by Crippen LogP contribution is 2.47. The molecule has 0 aromatic carbocycles. The van der Waals surface area contributed by atoms with Crippen LogP contribution in [-0.2, 0) is 13.9 Å². The molecule has 0 bridgehead atoms. The molecule has 1 N–H and O–H groups in total. The minimum absolute atomic E-state index is 0.0611. The Morgan fingerprint density at radius 2 is 1.79 bits per heavy atom. The maximum atomic E-state index is 11.3. The third-order valence-corrected chi connectivity index (χ3v) is 10.6. The minimum Gasteiger partial charge on any atom is -0.410 e. The molecule has 1 heterocycles. The van der Waals surface area contributed by atoms with Gasteiger partial charge < -0.3 is 18.7 Å². The van der Waals surface area contributed by atoms with E-state index in [0.29, 0.717) is 18.4 Å². The van der Waals surface area contributed by atoms with Crippen molar-refractivity contribution in [1.82, 2.24) is 0 Å². The van der Waals surface area contributed by atoms with Crippen LogP contribution in [0.1, 0.15) is 86.5 Å². The van der Waals surface area contributed by atoms with E-state index in [9.17, 15) is 4.80 Å². The van der Waals surface area contributed by atoms with E-state index in [1.165, 1.54) is 25.7 Å². The van der Waals surface area contributed by atoms with Gasteiger partial charge in [0, 0.05) is 18.9 Å². The van der Waals surface area contributed by atoms with Crippen LogP contribution < -0.4 is 0 Å². The van der Waals surface area contributed by atoms with Crippen LogP contribution in [-0.4, -0.2) is 38.5 Å². The molecular weight excluding hydrogens is 368 g/mol.